The van der Waals surface area contributed by atoms with Gasteiger partial charge in [0.1, 0.15) is 0 Å². The molecule has 1 aromatic heterocycles. The third-order valence-corrected chi connectivity index (χ3v) is 5.47. The fourth-order valence-corrected chi connectivity index (χ4v) is 3.66. The third kappa shape index (κ3) is 3.69. The molecule has 6 heteroatoms. The van der Waals surface area contributed by atoms with Gasteiger partial charge in [-0.25, -0.2) is 0 Å². The molecule has 1 aliphatic carbocycles. The summed E-state index contributed by atoms with van der Waals surface area (Å²) in [5, 5.41) is 12.1. The minimum atomic E-state index is 0.0242. The van der Waals surface area contributed by atoms with Crippen LogP contribution >= 0.6 is 0 Å². The highest BCUT2D eigenvalue weighted by Gasteiger charge is 2.27. The van der Waals surface area contributed by atoms with Crippen molar-refractivity contribution in [2.75, 3.05) is 37.6 Å². The van der Waals surface area contributed by atoms with E-state index in [2.05, 4.69) is 20.4 Å². The summed E-state index contributed by atoms with van der Waals surface area (Å²) >= 11 is 0. The molecule has 24 heavy (non-hydrogen) atoms. The van der Waals surface area contributed by atoms with Crippen LogP contribution in [0.2, 0.25) is 0 Å². The quantitative estimate of drug-likeness (QED) is 0.890. The highest BCUT2D eigenvalue weighted by molar-refractivity contribution is 5.92. The maximum atomic E-state index is 12.6. The number of hydrogen-bond acceptors (Lipinski definition) is 5. The van der Waals surface area contributed by atoms with Crippen LogP contribution in [0.4, 0.5) is 5.82 Å². The van der Waals surface area contributed by atoms with Gasteiger partial charge in [-0.15, -0.1) is 10.2 Å². The number of nitrogens with one attached hydrogen (secondary N) is 1. The topological polar surface area (TPSA) is 61.4 Å². The lowest BCUT2D eigenvalue weighted by Gasteiger charge is -2.32. The summed E-state index contributed by atoms with van der Waals surface area (Å²) in [5.41, 5.74) is 0.474. The average molecular weight is 329 g/mol. The van der Waals surface area contributed by atoms with Crippen LogP contribution in [0, 0.1) is 5.92 Å². The lowest BCUT2D eigenvalue weighted by Crippen LogP contribution is -2.45. The number of rotatable bonds is 5. The van der Waals surface area contributed by atoms with Crippen molar-refractivity contribution in [2.24, 2.45) is 5.92 Å². The zero-order valence-corrected chi connectivity index (χ0v) is 14.3. The molecular formula is C18H27N5O. The van der Waals surface area contributed by atoms with E-state index in [0.717, 1.165) is 57.3 Å². The van der Waals surface area contributed by atoms with Crippen molar-refractivity contribution in [3.63, 3.8) is 0 Å². The highest BCUT2D eigenvalue weighted by Crippen LogP contribution is 2.28. The van der Waals surface area contributed by atoms with Crippen LogP contribution in [0.15, 0.2) is 12.1 Å². The summed E-state index contributed by atoms with van der Waals surface area (Å²) in [6.45, 7) is 4.88. The van der Waals surface area contributed by atoms with Gasteiger partial charge in [-0.3, -0.25) is 4.79 Å². The number of piperidine rings is 1. The fourth-order valence-electron chi connectivity index (χ4n) is 3.66. The SMILES string of the molecule is O=C(c1ccc(N2CCCC2)nn1)N1CCC(NCC2CC2)CC1. The molecule has 1 saturated carbocycles. The minimum absolute atomic E-state index is 0.0242. The van der Waals surface area contributed by atoms with Crippen LogP contribution in [0.25, 0.3) is 0 Å². The summed E-state index contributed by atoms with van der Waals surface area (Å²) < 4.78 is 0. The Kier molecular flexibility index (Phi) is 4.65. The zero-order chi connectivity index (χ0) is 16.4. The zero-order valence-electron chi connectivity index (χ0n) is 14.3. The van der Waals surface area contributed by atoms with E-state index < -0.39 is 0 Å². The smallest absolute Gasteiger partial charge is 0.274 e. The molecule has 1 N–H and O–H groups in total. The van der Waals surface area contributed by atoms with Gasteiger partial charge in [-0.05, 0) is 63.1 Å². The van der Waals surface area contributed by atoms with Gasteiger partial charge in [0.15, 0.2) is 11.5 Å². The number of likely N-dealkylation sites (tertiary alicyclic amines) is 1. The predicted octanol–water partition coefficient (Wildman–Crippen LogP) is 1.68. The first kappa shape index (κ1) is 15.8. The molecule has 0 aromatic carbocycles. The average Bonchev–Trinajstić information content (AvgIpc) is 3.31. The second kappa shape index (κ2) is 7.05. The number of amides is 1. The third-order valence-electron chi connectivity index (χ3n) is 5.47. The Morgan fingerprint density at radius 1 is 1.04 bits per heavy atom. The molecule has 130 valence electrons. The second-order valence-electron chi connectivity index (χ2n) is 7.39. The van der Waals surface area contributed by atoms with E-state index in [-0.39, 0.29) is 5.91 Å². The fraction of sp³-hybridized carbons (Fsp3) is 0.722. The number of anilines is 1. The molecule has 0 bridgehead atoms. The van der Waals surface area contributed by atoms with Crippen LogP contribution in [-0.4, -0.2) is 59.8 Å². The molecule has 3 heterocycles. The number of aromatic nitrogens is 2. The largest absolute Gasteiger partial charge is 0.355 e. The molecule has 0 radical (unpaired) electrons. The van der Waals surface area contributed by atoms with Gasteiger partial charge in [0.25, 0.3) is 5.91 Å². The molecule has 2 aliphatic heterocycles. The van der Waals surface area contributed by atoms with E-state index in [4.69, 9.17) is 0 Å². The van der Waals surface area contributed by atoms with Crippen LogP contribution in [0.5, 0.6) is 0 Å². The standard InChI is InChI=1S/C18H27N5O/c24-18(16-5-6-17(21-20-16)22-9-1-2-10-22)23-11-7-15(8-12-23)19-13-14-3-4-14/h5-6,14-15,19H,1-4,7-13H2. The van der Waals surface area contributed by atoms with Gasteiger partial charge >= 0.3 is 0 Å². The molecule has 1 aromatic rings. The Hall–Kier alpha value is -1.69. The first-order chi connectivity index (χ1) is 11.8. The summed E-state index contributed by atoms with van der Waals surface area (Å²) in [7, 11) is 0. The van der Waals surface area contributed by atoms with Crippen molar-refractivity contribution in [3.05, 3.63) is 17.8 Å². The van der Waals surface area contributed by atoms with E-state index in [1.165, 1.54) is 25.7 Å². The minimum Gasteiger partial charge on any atom is -0.355 e. The van der Waals surface area contributed by atoms with Gasteiger partial charge in [-0.2, -0.15) is 0 Å². The van der Waals surface area contributed by atoms with Crippen LogP contribution < -0.4 is 10.2 Å². The lowest BCUT2D eigenvalue weighted by molar-refractivity contribution is 0.0698. The van der Waals surface area contributed by atoms with E-state index in [1.54, 1.807) is 0 Å². The molecule has 3 fully saturated rings. The van der Waals surface area contributed by atoms with Crippen molar-refractivity contribution in [1.82, 2.24) is 20.4 Å². The summed E-state index contributed by atoms with van der Waals surface area (Å²) in [6, 6.07) is 4.34. The van der Waals surface area contributed by atoms with Gasteiger partial charge in [0.05, 0.1) is 0 Å². The Morgan fingerprint density at radius 2 is 1.79 bits per heavy atom. The maximum absolute atomic E-state index is 12.6. The summed E-state index contributed by atoms with van der Waals surface area (Å²) in [6.07, 6.45) is 7.28. The summed E-state index contributed by atoms with van der Waals surface area (Å²) in [4.78, 5) is 16.8. The maximum Gasteiger partial charge on any atom is 0.274 e. The van der Waals surface area contributed by atoms with E-state index in [0.29, 0.717) is 11.7 Å². The van der Waals surface area contributed by atoms with Crippen LogP contribution in [-0.2, 0) is 0 Å². The molecule has 1 amide bonds. The Balaban J connectivity index is 1.29. The van der Waals surface area contributed by atoms with Crippen molar-refractivity contribution in [2.45, 2.75) is 44.6 Å². The normalized spacial score (nSPS) is 22.2. The monoisotopic (exact) mass is 329 g/mol. The first-order valence-corrected chi connectivity index (χ1v) is 9.41. The van der Waals surface area contributed by atoms with Gasteiger partial charge in [0.2, 0.25) is 0 Å². The predicted molar refractivity (Wildman–Crippen MR) is 93.1 cm³/mol. The summed E-state index contributed by atoms with van der Waals surface area (Å²) in [5.74, 6) is 1.83. The molecule has 4 rings (SSSR count). The molecule has 0 atom stereocenters. The van der Waals surface area contributed by atoms with Gasteiger partial charge in [0, 0.05) is 32.2 Å². The number of nitrogens with zero attached hydrogens (tertiary/aromatic N) is 4. The van der Waals surface area contributed by atoms with Crippen molar-refractivity contribution >= 4 is 11.7 Å². The second-order valence-corrected chi connectivity index (χ2v) is 7.39. The Morgan fingerprint density at radius 3 is 2.42 bits per heavy atom. The lowest BCUT2D eigenvalue weighted by atomic mass is 10.0. The molecule has 2 saturated heterocycles. The Labute approximate surface area is 143 Å². The van der Waals surface area contributed by atoms with E-state index in [9.17, 15) is 4.79 Å². The molecule has 0 spiro atoms. The molecular weight excluding hydrogens is 302 g/mol. The van der Waals surface area contributed by atoms with Gasteiger partial charge in [-0.1, -0.05) is 0 Å². The van der Waals surface area contributed by atoms with Crippen molar-refractivity contribution in [1.29, 1.82) is 0 Å². The van der Waals surface area contributed by atoms with E-state index >= 15 is 0 Å². The van der Waals surface area contributed by atoms with Gasteiger partial charge < -0.3 is 15.1 Å². The van der Waals surface area contributed by atoms with Crippen LogP contribution in [0.1, 0.15) is 49.0 Å². The molecule has 6 nitrogen and oxygen atoms in total. The number of hydrogen-bond donors (Lipinski definition) is 1. The highest BCUT2D eigenvalue weighted by atomic mass is 16.2. The van der Waals surface area contributed by atoms with E-state index in [1.807, 2.05) is 17.0 Å². The number of carbonyl (C=O) groups excluding carboxylic acids is 1. The number of carbonyl (C=O) groups is 1. The van der Waals surface area contributed by atoms with Crippen molar-refractivity contribution in [3.8, 4) is 0 Å². The Bertz CT molecular complexity index is 557. The van der Waals surface area contributed by atoms with Crippen LogP contribution in [0.3, 0.4) is 0 Å². The molecule has 0 unspecified atom stereocenters. The van der Waals surface area contributed by atoms with Crippen molar-refractivity contribution < 1.29 is 4.79 Å². The first-order valence-electron chi connectivity index (χ1n) is 9.41. The molecule has 3 aliphatic rings.